The molecule has 0 aliphatic heterocycles. The van der Waals surface area contributed by atoms with E-state index >= 15 is 0 Å². The number of rotatable bonds is 4. The average molecular weight is 332 g/mol. The smallest absolute Gasteiger partial charge is 0.0184 e. The molecular formula is C13H17IS. The molecule has 0 spiro atoms. The highest BCUT2D eigenvalue weighted by atomic mass is 127. The Bertz CT molecular complexity index is 288. The summed E-state index contributed by atoms with van der Waals surface area (Å²) in [5.41, 5.74) is 1.47. The Morgan fingerprint density at radius 3 is 2.47 bits per heavy atom. The predicted molar refractivity (Wildman–Crippen MR) is 77.3 cm³/mol. The first-order valence-electron chi connectivity index (χ1n) is 5.67. The number of halogens is 1. The first kappa shape index (κ1) is 11.8. The van der Waals surface area contributed by atoms with E-state index in [1.807, 2.05) is 0 Å². The molecule has 0 heterocycles. The third-order valence-corrected chi connectivity index (χ3v) is 4.97. The molecule has 82 valence electrons. The number of benzene rings is 1. The molecule has 1 aromatic carbocycles. The van der Waals surface area contributed by atoms with Crippen LogP contribution in [-0.2, 0) is 5.75 Å². The van der Waals surface area contributed by atoms with Crippen LogP contribution >= 0.6 is 34.4 Å². The third kappa shape index (κ3) is 3.99. The summed E-state index contributed by atoms with van der Waals surface area (Å²) in [6.45, 7) is 0. The molecule has 2 rings (SSSR count). The highest BCUT2D eigenvalue weighted by Gasteiger charge is 2.14. The van der Waals surface area contributed by atoms with Crippen molar-refractivity contribution in [3.8, 4) is 0 Å². The van der Waals surface area contributed by atoms with E-state index in [9.17, 15) is 0 Å². The zero-order valence-electron chi connectivity index (χ0n) is 8.92. The molecule has 0 aromatic heterocycles. The predicted octanol–water partition coefficient (Wildman–Crippen LogP) is 4.71. The summed E-state index contributed by atoms with van der Waals surface area (Å²) in [4.78, 5) is 0. The molecule has 1 aliphatic carbocycles. The summed E-state index contributed by atoms with van der Waals surface area (Å²) >= 11 is 4.47. The van der Waals surface area contributed by atoms with Crippen LogP contribution < -0.4 is 0 Å². The van der Waals surface area contributed by atoms with Crippen LogP contribution in [0.3, 0.4) is 0 Å². The molecule has 1 fully saturated rings. The van der Waals surface area contributed by atoms with E-state index in [-0.39, 0.29) is 0 Å². The van der Waals surface area contributed by atoms with E-state index in [1.165, 1.54) is 46.3 Å². The van der Waals surface area contributed by atoms with Gasteiger partial charge in [0.15, 0.2) is 0 Å². The Labute approximate surface area is 110 Å². The van der Waals surface area contributed by atoms with Gasteiger partial charge in [0, 0.05) is 9.32 Å². The van der Waals surface area contributed by atoms with Gasteiger partial charge < -0.3 is 0 Å². The minimum absolute atomic E-state index is 1.01. The quantitative estimate of drug-likeness (QED) is 0.719. The Morgan fingerprint density at radius 2 is 1.80 bits per heavy atom. The van der Waals surface area contributed by atoms with Gasteiger partial charge >= 0.3 is 0 Å². The lowest BCUT2D eigenvalue weighted by molar-refractivity contribution is 0.623. The van der Waals surface area contributed by atoms with Crippen LogP contribution in [-0.4, -0.2) is 5.75 Å². The topological polar surface area (TPSA) is 0 Å². The van der Waals surface area contributed by atoms with Crippen molar-refractivity contribution in [3.63, 3.8) is 0 Å². The monoisotopic (exact) mass is 332 g/mol. The summed E-state index contributed by atoms with van der Waals surface area (Å²) < 4.78 is 1.33. The van der Waals surface area contributed by atoms with E-state index in [2.05, 4.69) is 58.6 Å². The second-order valence-corrected chi connectivity index (χ2v) is 6.57. The maximum Gasteiger partial charge on any atom is 0.0184 e. The molecule has 15 heavy (non-hydrogen) atoms. The molecule has 0 saturated heterocycles. The summed E-state index contributed by atoms with van der Waals surface area (Å²) in [6, 6.07) is 8.91. The highest BCUT2D eigenvalue weighted by Crippen LogP contribution is 2.29. The van der Waals surface area contributed by atoms with Crippen LogP contribution in [0.4, 0.5) is 0 Å². The lowest BCUT2D eigenvalue weighted by Crippen LogP contribution is -1.96. The van der Waals surface area contributed by atoms with Gasteiger partial charge in [-0.3, -0.25) is 0 Å². The zero-order chi connectivity index (χ0) is 10.5. The molecule has 2 heteroatoms. The number of thioether (sulfide) groups is 1. The second kappa shape index (κ2) is 6.14. The third-order valence-electron chi connectivity index (χ3n) is 3.01. The van der Waals surface area contributed by atoms with Crippen molar-refractivity contribution >= 4 is 34.4 Å². The first-order chi connectivity index (χ1) is 7.34. The van der Waals surface area contributed by atoms with Crippen molar-refractivity contribution in [1.82, 2.24) is 0 Å². The average Bonchev–Trinajstić information content (AvgIpc) is 2.74. The van der Waals surface area contributed by atoms with Gasteiger partial charge in [-0.15, -0.1) is 0 Å². The van der Waals surface area contributed by atoms with Crippen LogP contribution in [0, 0.1) is 9.49 Å². The van der Waals surface area contributed by atoms with Crippen LogP contribution in [0.25, 0.3) is 0 Å². The fourth-order valence-corrected chi connectivity index (χ4v) is 3.67. The van der Waals surface area contributed by atoms with Crippen LogP contribution in [0.15, 0.2) is 24.3 Å². The fraction of sp³-hybridized carbons (Fsp3) is 0.538. The molecule has 0 unspecified atom stereocenters. The van der Waals surface area contributed by atoms with E-state index < -0.39 is 0 Å². The fourth-order valence-electron chi connectivity index (χ4n) is 2.10. The van der Waals surface area contributed by atoms with Crippen molar-refractivity contribution < 1.29 is 0 Å². The van der Waals surface area contributed by atoms with E-state index in [0.29, 0.717) is 0 Å². The Kier molecular flexibility index (Phi) is 4.82. The Morgan fingerprint density at radius 1 is 1.13 bits per heavy atom. The Balaban J connectivity index is 1.71. The summed E-state index contributed by atoms with van der Waals surface area (Å²) in [5, 5.41) is 0. The normalized spacial score (nSPS) is 17.1. The van der Waals surface area contributed by atoms with E-state index in [0.717, 1.165) is 5.92 Å². The standard InChI is InChI=1S/C13H17IS/c14-13-7-5-12(6-8-13)10-15-9-11-3-1-2-4-11/h5-8,11H,1-4,9-10H2. The second-order valence-electron chi connectivity index (χ2n) is 4.29. The molecule has 0 nitrogen and oxygen atoms in total. The van der Waals surface area contributed by atoms with Crippen molar-refractivity contribution in [2.45, 2.75) is 31.4 Å². The van der Waals surface area contributed by atoms with Gasteiger partial charge in [0.25, 0.3) is 0 Å². The molecule has 1 saturated carbocycles. The summed E-state index contributed by atoms with van der Waals surface area (Å²) in [6.07, 6.45) is 5.88. The van der Waals surface area contributed by atoms with Gasteiger partial charge in [-0.2, -0.15) is 11.8 Å². The van der Waals surface area contributed by atoms with Gasteiger partial charge in [-0.25, -0.2) is 0 Å². The molecule has 1 aliphatic rings. The van der Waals surface area contributed by atoms with Crippen molar-refractivity contribution in [2.75, 3.05) is 5.75 Å². The molecule has 0 radical (unpaired) electrons. The highest BCUT2D eigenvalue weighted by molar-refractivity contribution is 14.1. The van der Waals surface area contributed by atoms with Crippen LogP contribution in [0.5, 0.6) is 0 Å². The minimum Gasteiger partial charge on any atom is -0.157 e. The maximum absolute atomic E-state index is 2.36. The summed E-state index contributed by atoms with van der Waals surface area (Å²) in [5.74, 6) is 3.57. The first-order valence-corrected chi connectivity index (χ1v) is 7.90. The van der Waals surface area contributed by atoms with Gasteiger partial charge in [0.1, 0.15) is 0 Å². The summed E-state index contributed by atoms with van der Waals surface area (Å²) in [7, 11) is 0. The van der Waals surface area contributed by atoms with E-state index in [4.69, 9.17) is 0 Å². The zero-order valence-corrected chi connectivity index (χ0v) is 11.9. The largest absolute Gasteiger partial charge is 0.157 e. The molecule has 1 aromatic rings. The maximum atomic E-state index is 2.36. The molecule has 0 amide bonds. The van der Waals surface area contributed by atoms with Crippen LogP contribution in [0.2, 0.25) is 0 Å². The van der Waals surface area contributed by atoms with Gasteiger partial charge in [0.2, 0.25) is 0 Å². The van der Waals surface area contributed by atoms with Crippen molar-refractivity contribution in [3.05, 3.63) is 33.4 Å². The lowest BCUT2D eigenvalue weighted by Gasteiger charge is -2.08. The SMILES string of the molecule is Ic1ccc(CSCC2CCCC2)cc1. The Hall–Kier alpha value is 0.300. The number of hydrogen-bond donors (Lipinski definition) is 0. The minimum atomic E-state index is 1.01. The van der Waals surface area contributed by atoms with Gasteiger partial charge in [-0.1, -0.05) is 25.0 Å². The molecule has 0 atom stereocenters. The van der Waals surface area contributed by atoms with E-state index in [1.54, 1.807) is 0 Å². The molecule has 0 bridgehead atoms. The van der Waals surface area contributed by atoms with Crippen molar-refractivity contribution in [1.29, 1.82) is 0 Å². The van der Waals surface area contributed by atoms with Crippen molar-refractivity contribution in [2.24, 2.45) is 5.92 Å². The molecular weight excluding hydrogens is 315 g/mol. The van der Waals surface area contributed by atoms with Gasteiger partial charge in [0.05, 0.1) is 0 Å². The molecule has 0 N–H and O–H groups in total. The van der Waals surface area contributed by atoms with Gasteiger partial charge in [-0.05, 0) is 64.8 Å². The van der Waals surface area contributed by atoms with Crippen LogP contribution in [0.1, 0.15) is 31.2 Å². The lowest BCUT2D eigenvalue weighted by atomic mass is 10.1. The number of hydrogen-bond acceptors (Lipinski definition) is 1.